The molecule has 0 bridgehead atoms. The van der Waals surface area contributed by atoms with Crippen LogP contribution in [0.4, 0.5) is 10.1 Å². The Bertz CT molecular complexity index is 429. The van der Waals surface area contributed by atoms with Gasteiger partial charge in [-0.2, -0.15) is 0 Å². The summed E-state index contributed by atoms with van der Waals surface area (Å²) in [5, 5.41) is 20.7. The Balaban J connectivity index is 3.03. The van der Waals surface area contributed by atoms with Crippen LogP contribution in [-0.2, 0) is 4.79 Å². The molecule has 17 heavy (non-hydrogen) atoms. The van der Waals surface area contributed by atoms with Gasteiger partial charge in [-0.25, -0.2) is 4.39 Å². The third-order valence-electron chi connectivity index (χ3n) is 2.22. The van der Waals surface area contributed by atoms with Crippen molar-refractivity contribution in [3.8, 4) is 0 Å². The van der Waals surface area contributed by atoms with E-state index in [-0.39, 0.29) is 17.1 Å². The molecule has 0 spiro atoms. The second-order valence-corrected chi connectivity index (χ2v) is 4.81. The number of carbonyl (C=O) groups is 1. The van der Waals surface area contributed by atoms with Crippen LogP contribution in [0.25, 0.3) is 0 Å². The number of benzene rings is 1. The molecule has 1 amide bonds. The van der Waals surface area contributed by atoms with Gasteiger partial charge in [0.25, 0.3) is 0 Å². The van der Waals surface area contributed by atoms with E-state index in [9.17, 15) is 9.18 Å². The highest BCUT2D eigenvalue weighted by Crippen LogP contribution is 2.16. The average molecular weight is 239 g/mol. The van der Waals surface area contributed by atoms with E-state index in [4.69, 9.17) is 10.0 Å². The predicted molar refractivity (Wildman–Crippen MR) is 64.3 cm³/mol. The zero-order valence-electron chi connectivity index (χ0n) is 9.99. The second kappa shape index (κ2) is 4.85. The molecule has 0 saturated carbocycles. The summed E-state index contributed by atoms with van der Waals surface area (Å²) in [6.07, 6.45) is 0. The van der Waals surface area contributed by atoms with Crippen molar-refractivity contribution in [1.82, 2.24) is 0 Å². The fraction of sp³-hybridized carbons (Fsp3) is 0.364. The van der Waals surface area contributed by atoms with Crippen LogP contribution >= 0.6 is 0 Å². The fourth-order valence-corrected chi connectivity index (χ4v) is 1.17. The lowest BCUT2D eigenvalue weighted by molar-refractivity contribution is -0.123. The highest BCUT2D eigenvalue weighted by molar-refractivity contribution is 6.60. The Morgan fingerprint density at radius 2 is 1.94 bits per heavy atom. The first-order valence-corrected chi connectivity index (χ1v) is 5.19. The minimum absolute atomic E-state index is 0.0670. The molecular formula is C11H15BFNO3. The zero-order valence-corrected chi connectivity index (χ0v) is 9.99. The fourth-order valence-electron chi connectivity index (χ4n) is 1.17. The molecule has 0 aliphatic heterocycles. The summed E-state index contributed by atoms with van der Waals surface area (Å²) >= 11 is 0. The van der Waals surface area contributed by atoms with Crippen LogP contribution in [0, 0.1) is 11.2 Å². The van der Waals surface area contributed by atoms with E-state index in [2.05, 4.69) is 5.32 Å². The minimum Gasteiger partial charge on any atom is -0.423 e. The van der Waals surface area contributed by atoms with Gasteiger partial charge in [0.2, 0.25) is 5.91 Å². The lowest BCUT2D eigenvalue weighted by atomic mass is 9.78. The van der Waals surface area contributed by atoms with E-state index in [0.29, 0.717) is 0 Å². The number of amides is 1. The number of carbonyl (C=O) groups excluding carboxylic acids is 1. The summed E-state index contributed by atoms with van der Waals surface area (Å²) in [5.41, 5.74) is -0.490. The molecule has 6 heteroatoms. The first kappa shape index (κ1) is 13.7. The van der Waals surface area contributed by atoms with E-state index in [1.165, 1.54) is 6.07 Å². The van der Waals surface area contributed by atoms with Gasteiger partial charge in [0.05, 0.1) is 0 Å². The Labute approximate surface area is 99.6 Å². The molecule has 3 N–H and O–H groups in total. The van der Waals surface area contributed by atoms with E-state index in [1.807, 2.05) is 0 Å². The second-order valence-electron chi connectivity index (χ2n) is 4.81. The van der Waals surface area contributed by atoms with Crippen molar-refractivity contribution in [2.45, 2.75) is 20.8 Å². The Hall–Kier alpha value is -1.40. The molecule has 4 nitrogen and oxygen atoms in total. The first-order chi connectivity index (χ1) is 7.71. The van der Waals surface area contributed by atoms with Crippen LogP contribution in [0.1, 0.15) is 20.8 Å². The molecular weight excluding hydrogens is 224 g/mol. The maximum absolute atomic E-state index is 12.9. The van der Waals surface area contributed by atoms with Gasteiger partial charge in [-0.1, -0.05) is 20.8 Å². The predicted octanol–water partition coefficient (Wildman–Crippen LogP) is 0.490. The van der Waals surface area contributed by atoms with Crippen LogP contribution in [0.15, 0.2) is 18.2 Å². The third-order valence-corrected chi connectivity index (χ3v) is 2.22. The van der Waals surface area contributed by atoms with Crippen molar-refractivity contribution >= 4 is 24.2 Å². The molecule has 0 unspecified atom stereocenters. The highest BCUT2D eigenvalue weighted by Gasteiger charge is 2.24. The quantitative estimate of drug-likeness (QED) is 0.658. The van der Waals surface area contributed by atoms with Gasteiger partial charge >= 0.3 is 7.12 Å². The van der Waals surface area contributed by atoms with Gasteiger partial charge < -0.3 is 15.4 Å². The summed E-state index contributed by atoms with van der Waals surface area (Å²) in [5.74, 6) is -0.882. The zero-order chi connectivity index (χ0) is 13.2. The molecule has 1 aromatic rings. The van der Waals surface area contributed by atoms with Gasteiger partial charge in [0.15, 0.2) is 0 Å². The van der Waals surface area contributed by atoms with Crippen LogP contribution in [0.3, 0.4) is 0 Å². The van der Waals surface area contributed by atoms with Crippen molar-refractivity contribution in [2.24, 2.45) is 5.41 Å². The van der Waals surface area contributed by atoms with Crippen LogP contribution in [0.5, 0.6) is 0 Å². The SMILES string of the molecule is CC(C)(C)C(=O)Nc1ccc(F)cc1B(O)O. The molecule has 0 aliphatic rings. The van der Waals surface area contributed by atoms with Crippen LogP contribution in [-0.4, -0.2) is 23.1 Å². The van der Waals surface area contributed by atoms with Crippen molar-refractivity contribution in [3.63, 3.8) is 0 Å². The summed E-state index contributed by atoms with van der Waals surface area (Å²) in [6.45, 7) is 5.17. The summed E-state index contributed by atoms with van der Waals surface area (Å²) in [6, 6.07) is 3.42. The lowest BCUT2D eigenvalue weighted by Crippen LogP contribution is -2.36. The number of hydrogen-bond acceptors (Lipinski definition) is 3. The molecule has 92 valence electrons. The van der Waals surface area contributed by atoms with E-state index in [0.717, 1.165) is 12.1 Å². The van der Waals surface area contributed by atoms with Gasteiger partial charge in [-0.3, -0.25) is 4.79 Å². The van der Waals surface area contributed by atoms with E-state index < -0.39 is 18.4 Å². The molecule has 0 heterocycles. The van der Waals surface area contributed by atoms with Crippen LogP contribution < -0.4 is 10.8 Å². The molecule has 0 aromatic heterocycles. The largest absolute Gasteiger partial charge is 0.490 e. The topological polar surface area (TPSA) is 69.6 Å². The molecule has 0 saturated heterocycles. The first-order valence-electron chi connectivity index (χ1n) is 5.19. The van der Waals surface area contributed by atoms with Crippen molar-refractivity contribution < 1.29 is 19.2 Å². The average Bonchev–Trinajstić information content (AvgIpc) is 2.18. The Morgan fingerprint density at radius 1 is 1.35 bits per heavy atom. The van der Waals surface area contributed by atoms with Gasteiger partial charge in [-0.15, -0.1) is 0 Å². The van der Waals surface area contributed by atoms with Crippen molar-refractivity contribution in [1.29, 1.82) is 0 Å². The van der Waals surface area contributed by atoms with Crippen LogP contribution in [0.2, 0.25) is 0 Å². The summed E-state index contributed by atoms with van der Waals surface area (Å²) in [4.78, 5) is 11.7. The smallest absolute Gasteiger partial charge is 0.423 e. The minimum atomic E-state index is -1.83. The maximum Gasteiger partial charge on any atom is 0.490 e. The van der Waals surface area contributed by atoms with E-state index >= 15 is 0 Å². The van der Waals surface area contributed by atoms with Gasteiger partial charge in [-0.05, 0) is 18.2 Å². The number of rotatable bonds is 2. The highest BCUT2D eigenvalue weighted by atomic mass is 19.1. The molecule has 0 radical (unpaired) electrons. The Morgan fingerprint density at radius 3 is 2.41 bits per heavy atom. The monoisotopic (exact) mass is 239 g/mol. The number of hydrogen-bond donors (Lipinski definition) is 3. The normalized spacial score (nSPS) is 11.2. The molecule has 0 atom stereocenters. The summed E-state index contributed by atoms with van der Waals surface area (Å²) in [7, 11) is -1.83. The third kappa shape index (κ3) is 3.54. The van der Waals surface area contributed by atoms with Crippen molar-refractivity contribution in [2.75, 3.05) is 5.32 Å². The molecule has 0 aliphatic carbocycles. The van der Waals surface area contributed by atoms with Gasteiger partial charge in [0.1, 0.15) is 5.82 Å². The standard InChI is InChI=1S/C11H15BFNO3/c1-11(2,3)10(15)14-9-5-4-7(13)6-8(9)12(16)17/h4-6,16-17H,1-3H3,(H,14,15). The number of anilines is 1. The number of halogens is 1. The summed E-state index contributed by atoms with van der Waals surface area (Å²) < 4.78 is 12.9. The molecule has 0 fully saturated rings. The van der Waals surface area contributed by atoms with Crippen molar-refractivity contribution in [3.05, 3.63) is 24.0 Å². The van der Waals surface area contributed by atoms with E-state index in [1.54, 1.807) is 20.8 Å². The Kier molecular flexibility index (Phi) is 3.90. The number of nitrogens with one attached hydrogen (secondary N) is 1. The maximum atomic E-state index is 12.9. The van der Waals surface area contributed by atoms with Gasteiger partial charge in [0, 0.05) is 16.6 Å². The lowest BCUT2D eigenvalue weighted by Gasteiger charge is -2.19. The molecule has 1 rings (SSSR count). The molecule has 1 aromatic carbocycles.